The van der Waals surface area contributed by atoms with E-state index in [0.29, 0.717) is 6.61 Å². The second kappa shape index (κ2) is 12.0. The number of aromatic nitrogens is 1. The van der Waals surface area contributed by atoms with Crippen molar-refractivity contribution in [2.24, 2.45) is 0 Å². The van der Waals surface area contributed by atoms with Gasteiger partial charge in [0.1, 0.15) is 5.82 Å². The molecule has 1 aromatic carbocycles. The summed E-state index contributed by atoms with van der Waals surface area (Å²) in [6.07, 6.45) is 6.34. The highest BCUT2D eigenvalue weighted by Crippen LogP contribution is 2.35. The fraction of sp³-hybridized carbons (Fsp3) is 0.560. The van der Waals surface area contributed by atoms with Crippen LogP contribution in [0.4, 0.5) is 4.39 Å². The lowest BCUT2D eigenvalue weighted by Crippen LogP contribution is -2.13. The first-order valence-corrected chi connectivity index (χ1v) is 11.0. The predicted octanol–water partition coefficient (Wildman–Crippen LogP) is 6.55. The van der Waals surface area contributed by atoms with Gasteiger partial charge in [-0.25, -0.2) is 4.39 Å². The molecule has 0 aliphatic rings. The van der Waals surface area contributed by atoms with E-state index in [1.807, 2.05) is 0 Å². The number of hydrogen-bond acceptors (Lipinski definition) is 3. The maximum Gasteiger partial charge on any atom is 0.123 e. The molecule has 2 rings (SSSR count). The summed E-state index contributed by atoms with van der Waals surface area (Å²) < 4.78 is 19.5. The summed E-state index contributed by atoms with van der Waals surface area (Å²) in [4.78, 5) is 4.96. The van der Waals surface area contributed by atoms with Crippen molar-refractivity contribution >= 4 is 0 Å². The maximum atomic E-state index is 13.6. The second-order valence-corrected chi connectivity index (χ2v) is 7.96. The number of ether oxygens (including phenoxy) is 1. The average molecular weight is 402 g/mol. The standard InChI is InChI=1S/C25H36FNO2/c1-5-7-9-10-21-23(17-29-15-8-6-2)27-25(18(3)4)22(16-28)24(21)19-11-13-20(26)14-12-19/h11-14,18,28H,5-10,15-17H2,1-4H3. The van der Waals surface area contributed by atoms with E-state index in [1.165, 1.54) is 12.1 Å². The lowest BCUT2D eigenvalue weighted by molar-refractivity contribution is 0.114. The van der Waals surface area contributed by atoms with Crippen LogP contribution < -0.4 is 0 Å². The monoisotopic (exact) mass is 401 g/mol. The molecule has 0 radical (unpaired) electrons. The van der Waals surface area contributed by atoms with Crippen molar-refractivity contribution in [3.05, 3.63) is 52.6 Å². The van der Waals surface area contributed by atoms with Crippen LogP contribution in [0.1, 0.15) is 88.2 Å². The molecule has 0 saturated heterocycles. The molecule has 0 unspecified atom stereocenters. The Labute approximate surface area is 175 Å². The molecule has 0 aliphatic carbocycles. The van der Waals surface area contributed by atoms with E-state index in [0.717, 1.165) is 78.8 Å². The molecule has 0 atom stereocenters. The summed E-state index contributed by atoms with van der Waals surface area (Å²) in [6.45, 7) is 9.64. The average Bonchev–Trinajstić information content (AvgIpc) is 2.71. The van der Waals surface area contributed by atoms with Crippen molar-refractivity contribution in [1.82, 2.24) is 4.98 Å². The van der Waals surface area contributed by atoms with Crippen LogP contribution in [0.3, 0.4) is 0 Å². The smallest absolute Gasteiger partial charge is 0.123 e. The molecule has 0 spiro atoms. The van der Waals surface area contributed by atoms with Gasteiger partial charge in [0.05, 0.1) is 18.9 Å². The molecule has 0 bridgehead atoms. The molecule has 29 heavy (non-hydrogen) atoms. The molecule has 3 nitrogen and oxygen atoms in total. The Hall–Kier alpha value is -1.78. The van der Waals surface area contributed by atoms with Crippen molar-refractivity contribution in [3.8, 4) is 11.1 Å². The third-order valence-electron chi connectivity index (χ3n) is 5.27. The molecule has 0 fully saturated rings. The van der Waals surface area contributed by atoms with Gasteiger partial charge in [-0.15, -0.1) is 0 Å². The van der Waals surface area contributed by atoms with Gasteiger partial charge < -0.3 is 9.84 Å². The van der Waals surface area contributed by atoms with Gasteiger partial charge in [-0.1, -0.05) is 59.1 Å². The Bertz CT molecular complexity index is 756. The van der Waals surface area contributed by atoms with Crippen LogP contribution in [0.15, 0.2) is 24.3 Å². The largest absolute Gasteiger partial charge is 0.392 e. The topological polar surface area (TPSA) is 42.4 Å². The Morgan fingerprint density at radius 1 is 1.00 bits per heavy atom. The van der Waals surface area contributed by atoms with Crippen LogP contribution in [0, 0.1) is 5.82 Å². The summed E-state index contributed by atoms with van der Waals surface area (Å²) in [7, 11) is 0. The molecule has 4 heteroatoms. The van der Waals surface area contributed by atoms with Crippen LogP contribution in [0.2, 0.25) is 0 Å². The van der Waals surface area contributed by atoms with Crippen LogP contribution in [0.5, 0.6) is 0 Å². The van der Waals surface area contributed by atoms with Gasteiger partial charge in [0, 0.05) is 17.9 Å². The molecule has 1 N–H and O–H groups in total. The minimum Gasteiger partial charge on any atom is -0.392 e. The summed E-state index contributed by atoms with van der Waals surface area (Å²) in [5, 5.41) is 10.3. The fourth-order valence-electron chi connectivity index (χ4n) is 3.69. The Morgan fingerprint density at radius 3 is 2.28 bits per heavy atom. The fourth-order valence-corrected chi connectivity index (χ4v) is 3.69. The highest BCUT2D eigenvalue weighted by atomic mass is 19.1. The highest BCUT2D eigenvalue weighted by Gasteiger charge is 2.22. The van der Waals surface area contributed by atoms with Gasteiger partial charge >= 0.3 is 0 Å². The number of halogens is 1. The Balaban J connectivity index is 2.61. The summed E-state index contributed by atoms with van der Waals surface area (Å²) >= 11 is 0. The lowest BCUT2D eigenvalue weighted by atomic mass is 9.87. The molecule has 0 saturated carbocycles. The van der Waals surface area contributed by atoms with E-state index < -0.39 is 0 Å². The highest BCUT2D eigenvalue weighted by molar-refractivity contribution is 5.73. The number of pyridine rings is 1. The molecule has 0 amide bonds. The Morgan fingerprint density at radius 2 is 1.69 bits per heavy atom. The molecule has 2 aromatic rings. The molecule has 1 heterocycles. The predicted molar refractivity (Wildman–Crippen MR) is 117 cm³/mol. The number of unbranched alkanes of at least 4 members (excludes halogenated alkanes) is 3. The van der Waals surface area contributed by atoms with E-state index in [2.05, 4.69) is 27.7 Å². The number of rotatable bonds is 12. The van der Waals surface area contributed by atoms with Crippen molar-refractivity contribution in [2.45, 2.75) is 85.4 Å². The van der Waals surface area contributed by atoms with Gasteiger partial charge in [-0.3, -0.25) is 4.98 Å². The summed E-state index contributed by atoms with van der Waals surface area (Å²) in [6, 6.07) is 6.58. The SMILES string of the molecule is CCCCCc1c(COCCCC)nc(C(C)C)c(CO)c1-c1ccc(F)cc1. The van der Waals surface area contributed by atoms with Crippen molar-refractivity contribution in [1.29, 1.82) is 0 Å². The molecule has 0 aliphatic heterocycles. The van der Waals surface area contributed by atoms with Crippen LogP contribution in [-0.4, -0.2) is 16.7 Å². The minimum atomic E-state index is -0.256. The number of nitrogens with zero attached hydrogens (tertiary/aromatic N) is 1. The van der Waals surface area contributed by atoms with E-state index in [-0.39, 0.29) is 18.3 Å². The number of aliphatic hydroxyl groups is 1. The second-order valence-electron chi connectivity index (χ2n) is 7.96. The zero-order chi connectivity index (χ0) is 21.2. The van der Waals surface area contributed by atoms with E-state index in [1.54, 1.807) is 12.1 Å². The lowest BCUT2D eigenvalue weighted by Gasteiger charge is -2.23. The first-order valence-electron chi connectivity index (χ1n) is 11.0. The molecule has 160 valence electrons. The quantitative estimate of drug-likeness (QED) is 0.410. The van der Waals surface area contributed by atoms with E-state index >= 15 is 0 Å². The van der Waals surface area contributed by atoms with Crippen molar-refractivity contribution < 1.29 is 14.2 Å². The van der Waals surface area contributed by atoms with Crippen molar-refractivity contribution in [3.63, 3.8) is 0 Å². The molecular weight excluding hydrogens is 365 g/mol. The zero-order valence-corrected chi connectivity index (χ0v) is 18.4. The number of benzene rings is 1. The van der Waals surface area contributed by atoms with E-state index in [9.17, 15) is 9.50 Å². The third kappa shape index (κ3) is 6.35. The number of hydrogen-bond donors (Lipinski definition) is 1. The van der Waals surface area contributed by atoms with Gasteiger partial charge in [0.2, 0.25) is 0 Å². The number of aliphatic hydroxyl groups excluding tert-OH is 1. The van der Waals surface area contributed by atoms with E-state index in [4.69, 9.17) is 9.72 Å². The first kappa shape index (κ1) is 23.5. The van der Waals surface area contributed by atoms with Gasteiger partial charge in [-0.2, -0.15) is 0 Å². The van der Waals surface area contributed by atoms with Gasteiger partial charge in [-0.05, 0) is 54.0 Å². The van der Waals surface area contributed by atoms with Gasteiger partial charge in [0.25, 0.3) is 0 Å². The summed E-state index contributed by atoms with van der Waals surface area (Å²) in [5.41, 5.74) is 5.79. The third-order valence-corrected chi connectivity index (χ3v) is 5.27. The first-order chi connectivity index (χ1) is 14.0. The maximum absolute atomic E-state index is 13.6. The Kier molecular flexibility index (Phi) is 9.75. The van der Waals surface area contributed by atoms with Gasteiger partial charge in [0.15, 0.2) is 0 Å². The van der Waals surface area contributed by atoms with Crippen LogP contribution in [-0.2, 0) is 24.4 Å². The minimum absolute atomic E-state index is 0.0784. The molecular formula is C25H36FNO2. The van der Waals surface area contributed by atoms with Crippen molar-refractivity contribution in [2.75, 3.05) is 6.61 Å². The zero-order valence-electron chi connectivity index (χ0n) is 18.4. The van der Waals surface area contributed by atoms with Crippen LogP contribution in [0.25, 0.3) is 11.1 Å². The molecule has 1 aromatic heterocycles. The summed E-state index contributed by atoms with van der Waals surface area (Å²) in [5.74, 6) is -0.0801. The normalized spacial score (nSPS) is 11.4. The van der Waals surface area contributed by atoms with Crippen LogP contribution >= 0.6 is 0 Å².